The fourth-order valence-corrected chi connectivity index (χ4v) is 2.98. The van der Waals surface area contributed by atoms with E-state index >= 15 is 0 Å². The standard InChI is InChI=1S/C17H20ClN3O/c18-15-9-13(12-22)10-19-17(15)20-16-6-2-1-5-14(16)11-21-7-3-4-8-21/h1-2,5-6,9-10,22H,3-4,7-8,11-12H2,(H,19,20). The maximum atomic E-state index is 9.12. The Bertz CT molecular complexity index is 642. The summed E-state index contributed by atoms with van der Waals surface area (Å²) in [5.41, 5.74) is 2.98. The topological polar surface area (TPSA) is 48.4 Å². The lowest BCUT2D eigenvalue weighted by atomic mass is 10.1. The monoisotopic (exact) mass is 317 g/mol. The second-order valence-electron chi connectivity index (χ2n) is 5.60. The van der Waals surface area contributed by atoms with Crippen LogP contribution in [0.2, 0.25) is 5.02 Å². The highest BCUT2D eigenvalue weighted by molar-refractivity contribution is 6.33. The Hall–Kier alpha value is -1.62. The number of aliphatic hydroxyl groups excluding tert-OH is 1. The summed E-state index contributed by atoms with van der Waals surface area (Å²) in [6.07, 6.45) is 4.20. The van der Waals surface area contributed by atoms with Crippen LogP contribution in [-0.4, -0.2) is 28.1 Å². The molecule has 0 saturated carbocycles. The summed E-state index contributed by atoms with van der Waals surface area (Å²) in [7, 11) is 0. The number of para-hydroxylation sites is 1. The molecule has 0 aliphatic carbocycles. The fraction of sp³-hybridized carbons (Fsp3) is 0.353. The van der Waals surface area contributed by atoms with Crippen molar-refractivity contribution in [1.29, 1.82) is 0 Å². The van der Waals surface area contributed by atoms with Gasteiger partial charge in [-0.2, -0.15) is 0 Å². The summed E-state index contributed by atoms with van der Waals surface area (Å²) < 4.78 is 0. The van der Waals surface area contributed by atoms with Crippen LogP contribution in [0.3, 0.4) is 0 Å². The first-order valence-corrected chi connectivity index (χ1v) is 7.96. The molecule has 2 heterocycles. The molecule has 0 bridgehead atoms. The minimum absolute atomic E-state index is 0.0570. The molecule has 1 aromatic carbocycles. The van der Waals surface area contributed by atoms with E-state index in [0.29, 0.717) is 16.4 Å². The van der Waals surface area contributed by atoms with E-state index in [9.17, 15) is 0 Å². The third-order valence-electron chi connectivity index (χ3n) is 3.94. The number of nitrogens with zero attached hydrogens (tertiary/aromatic N) is 2. The van der Waals surface area contributed by atoms with Crippen LogP contribution >= 0.6 is 11.6 Å². The summed E-state index contributed by atoms with van der Waals surface area (Å²) in [5.74, 6) is 0.618. The molecule has 5 heteroatoms. The van der Waals surface area contributed by atoms with Crippen LogP contribution in [0.25, 0.3) is 0 Å². The number of likely N-dealkylation sites (tertiary alicyclic amines) is 1. The number of hydrogen-bond donors (Lipinski definition) is 2. The van der Waals surface area contributed by atoms with Crippen molar-refractivity contribution in [1.82, 2.24) is 9.88 Å². The van der Waals surface area contributed by atoms with Gasteiger partial charge in [-0.1, -0.05) is 29.8 Å². The molecule has 2 N–H and O–H groups in total. The van der Waals surface area contributed by atoms with Crippen LogP contribution in [0.5, 0.6) is 0 Å². The maximum absolute atomic E-state index is 9.12. The van der Waals surface area contributed by atoms with Crippen LogP contribution in [0.4, 0.5) is 11.5 Å². The van der Waals surface area contributed by atoms with Gasteiger partial charge in [0, 0.05) is 18.4 Å². The highest BCUT2D eigenvalue weighted by Gasteiger charge is 2.14. The van der Waals surface area contributed by atoms with Crippen LogP contribution < -0.4 is 5.32 Å². The average Bonchev–Trinajstić information content (AvgIpc) is 3.04. The number of nitrogens with one attached hydrogen (secondary N) is 1. The summed E-state index contributed by atoms with van der Waals surface area (Å²) in [6.45, 7) is 3.21. The summed E-state index contributed by atoms with van der Waals surface area (Å²) in [5, 5.41) is 13.0. The number of aliphatic hydroxyl groups is 1. The molecule has 0 radical (unpaired) electrons. The second-order valence-corrected chi connectivity index (χ2v) is 6.00. The van der Waals surface area contributed by atoms with Crippen molar-refractivity contribution in [2.24, 2.45) is 0 Å². The zero-order valence-electron chi connectivity index (χ0n) is 12.4. The Kier molecular flexibility index (Phi) is 4.93. The van der Waals surface area contributed by atoms with Crippen molar-refractivity contribution in [2.75, 3.05) is 18.4 Å². The van der Waals surface area contributed by atoms with Gasteiger partial charge < -0.3 is 10.4 Å². The van der Waals surface area contributed by atoms with Crippen molar-refractivity contribution in [3.63, 3.8) is 0 Å². The Morgan fingerprint density at radius 3 is 2.73 bits per heavy atom. The van der Waals surface area contributed by atoms with Gasteiger partial charge in [0.15, 0.2) is 0 Å². The summed E-state index contributed by atoms with van der Waals surface area (Å²) in [6, 6.07) is 9.98. The van der Waals surface area contributed by atoms with Crippen molar-refractivity contribution in [2.45, 2.75) is 26.0 Å². The van der Waals surface area contributed by atoms with Gasteiger partial charge in [-0.3, -0.25) is 4.90 Å². The number of halogens is 1. The highest BCUT2D eigenvalue weighted by Crippen LogP contribution is 2.27. The zero-order chi connectivity index (χ0) is 15.4. The van der Waals surface area contributed by atoms with Crippen LogP contribution in [-0.2, 0) is 13.2 Å². The molecule has 0 unspecified atom stereocenters. The van der Waals surface area contributed by atoms with Gasteiger partial charge in [-0.25, -0.2) is 4.98 Å². The first kappa shape index (κ1) is 15.3. The molecule has 2 aromatic rings. The van der Waals surface area contributed by atoms with Gasteiger partial charge in [-0.05, 0) is 49.2 Å². The van der Waals surface area contributed by atoms with E-state index < -0.39 is 0 Å². The number of anilines is 2. The first-order valence-electron chi connectivity index (χ1n) is 7.59. The quantitative estimate of drug-likeness (QED) is 0.885. The van der Waals surface area contributed by atoms with Gasteiger partial charge in [0.2, 0.25) is 0 Å². The van der Waals surface area contributed by atoms with E-state index in [4.69, 9.17) is 16.7 Å². The minimum atomic E-state index is -0.0570. The molecule has 1 saturated heterocycles. The molecule has 1 aliphatic heterocycles. The third-order valence-corrected chi connectivity index (χ3v) is 4.23. The molecule has 1 aromatic heterocycles. The van der Waals surface area contributed by atoms with E-state index in [1.54, 1.807) is 12.3 Å². The molecular weight excluding hydrogens is 298 g/mol. The van der Waals surface area contributed by atoms with Gasteiger partial charge in [0.1, 0.15) is 5.82 Å². The summed E-state index contributed by atoms with van der Waals surface area (Å²) >= 11 is 6.23. The number of benzene rings is 1. The Morgan fingerprint density at radius 1 is 1.23 bits per heavy atom. The van der Waals surface area contributed by atoms with Crippen LogP contribution in [0, 0.1) is 0 Å². The van der Waals surface area contributed by atoms with Crippen molar-refractivity contribution in [3.8, 4) is 0 Å². The normalized spacial score (nSPS) is 15.2. The van der Waals surface area contributed by atoms with Gasteiger partial charge >= 0.3 is 0 Å². The zero-order valence-corrected chi connectivity index (χ0v) is 13.2. The van der Waals surface area contributed by atoms with Crippen LogP contribution in [0.15, 0.2) is 36.5 Å². The highest BCUT2D eigenvalue weighted by atomic mass is 35.5. The van der Waals surface area contributed by atoms with Gasteiger partial charge in [-0.15, -0.1) is 0 Å². The molecule has 116 valence electrons. The molecule has 22 heavy (non-hydrogen) atoms. The number of hydrogen-bond acceptors (Lipinski definition) is 4. The smallest absolute Gasteiger partial charge is 0.149 e. The van der Waals surface area contributed by atoms with Crippen molar-refractivity contribution in [3.05, 3.63) is 52.7 Å². The van der Waals surface area contributed by atoms with Gasteiger partial charge in [0.05, 0.1) is 11.6 Å². The molecule has 3 rings (SSSR count). The molecule has 4 nitrogen and oxygen atoms in total. The molecule has 0 atom stereocenters. The van der Waals surface area contributed by atoms with Crippen LogP contribution in [0.1, 0.15) is 24.0 Å². The third kappa shape index (κ3) is 3.58. The Morgan fingerprint density at radius 2 is 2.00 bits per heavy atom. The lowest BCUT2D eigenvalue weighted by Crippen LogP contribution is -2.19. The predicted octanol–water partition coefficient (Wildman–Crippen LogP) is 3.57. The molecular formula is C17H20ClN3O. The molecule has 1 fully saturated rings. The number of rotatable bonds is 5. The van der Waals surface area contributed by atoms with Crippen molar-refractivity contribution >= 4 is 23.1 Å². The lowest BCUT2D eigenvalue weighted by molar-refractivity contribution is 0.281. The van der Waals surface area contributed by atoms with E-state index in [0.717, 1.165) is 12.2 Å². The van der Waals surface area contributed by atoms with E-state index in [1.165, 1.54) is 31.5 Å². The molecule has 0 amide bonds. The minimum Gasteiger partial charge on any atom is -0.392 e. The first-order chi connectivity index (χ1) is 10.8. The SMILES string of the molecule is OCc1cnc(Nc2ccccc2CN2CCCC2)c(Cl)c1. The van der Waals surface area contributed by atoms with E-state index in [2.05, 4.69) is 27.3 Å². The Labute approximate surface area is 135 Å². The fourth-order valence-electron chi connectivity index (χ4n) is 2.75. The second kappa shape index (κ2) is 7.09. The predicted molar refractivity (Wildman–Crippen MR) is 89.4 cm³/mol. The van der Waals surface area contributed by atoms with Crippen molar-refractivity contribution < 1.29 is 5.11 Å². The Balaban J connectivity index is 1.79. The summed E-state index contributed by atoms with van der Waals surface area (Å²) in [4.78, 5) is 6.76. The molecule has 1 aliphatic rings. The van der Waals surface area contributed by atoms with E-state index in [1.807, 2.05) is 12.1 Å². The van der Waals surface area contributed by atoms with Gasteiger partial charge in [0.25, 0.3) is 0 Å². The maximum Gasteiger partial charge on any atom is 0.149 e. The largest absolute Gasteiger partial charge is 0.392 e. The lowest BCUT2D eigenvalue weighted by Gasteiger charge is -2.18. The number of pyridine rings is 1. The molecule has 0 spiro atoms. The average molecular weight is 318 g/mol. The van der Waals surface area contributed by atoms with E-state index in [-0.39, 0.29) is 6.61 Å². The number of aromatic nitrogens is 1.